The maximum Gasteiger partial charge on any atom is 0.157 e. The molecule has 0 amide bonds. The molecular weight excluding hydrogens is 683 g/mol. The summed E-state index contributed by atoms with van der Waals surface area (Å²) in [6.45, 7) is 0. The average molecular weight is 722 g/mol. The number of fused-ring (bicyclic) bond motifs is 3. The van der Waals surface area contributed by atoms with Gasteiger partial charge in [-0.05, 0) is 83.8 Å². The zero-order chi connectivity index (χ0) is 37.3. The van der Waals surface area contributed by atoms with E-state index in [0.717, 1.165) is 74.0 Å². The fourth-order valence-electron chi connectivity index (χ4n) is 8.19. The van der Waals surface area contributed by atoms with E-state index < -0.39 is 0 Å². The second kappa shape index (κ2) is 14.7. The van der Waals surface area contributed by atoms with Crippen LogP contribution in [0.4, 0.5) is 17.1 Å². The van der Waals surface area contributed by atoms with Gasteiger partial charge in [-0.1, -0.05) is 146 Å². The molecule has 10 rings (SSSR count). The highest BCUT2D eigenvalue weighted by Crippen LogP contribution is 2.50. The lowest BCUT2D eigenvalue weighted by Crippen LogP contribution is -2.22. The van der Waals surface area contributed by atoms with Crippen molar-refractivity contribution in [1.29, 1.82) is 0 Å². The molecule has 4 nitrogen and oxygen atoms in total. The van der Waals surface area contributed by atoms with Crippen LogP contribution in [0.2, 0.25) is 0 Å². The largest absolute Gasteiger partial charge is 0.485 e. The molecule has 1 aliphatic heterocycles. The van der Waals surface area contributed by atoms with Crippen molar-refractivity contribution in [2.45, 2.75) is 24.4 Å². The molecule has 268 valence electrons. The van der Waals surface area contributed by atoms with Gasteiger partial charge in [0.2, 0.25) is 0 Å². The van der Waals surface area contributed by atoms with Gasteiger partial charge in [0.25, 0.3) is 0 Å². The Morgan fingerprint density at radius 2 is 1.14 bits per heavy atom. The number of hydrogen-bond donors (Lipinski definition) is 0. The van der Waals surface area contributed by atoms with Crippen molar-refractivity contribution in [3.8, 4) is 28.3 Å². The number of benzene rings is 6. The number of aromatic nitrogens is 2. The molecule has 3 atom stereocenters. The van der Waals surface area contributed by atoms with Crippen molar-refractivity contribution < 1.29 is 4.74 Å². The smallest absolute Gasteiger partial charge is 0.157 e. The van der Waals surface area contributed by atoms with E-state index in [4.69, 9.17) is 14.7 Å². The van der Waals surface area contributed by atoms with Crippen LogP contribution in [0.5, 0.6) is 5.75 Å². The summed E-state index contributed by atoms with van der Waals surface area (Å²) in [6, 6.07) is 59.7. The Hall–Kier alpha value is -7.04. The number of rotatable bonds is 8. The molecule has 0 spiro atoms. The molecule has 0 radical (unpaired) electrons. The fraction of sp³-hybridized carbons (Fsp3) is 0.0769. The summed E-state index contributed by atoms with van der Waals surface area (Å²) >= 11 is 0. The summed E-state index contributed by atoms with van der Waals surface area (Å²) < 4.78 is 6.69. The number of ether oxygens (including phenoxy) is 1. The number of anilines is 3. The minimum absolute atomic E-state index is 0.0412. The van der Waals surface area contributed by atoms with E-state index in [0.29, 0.717) is 11.7 Å². The minimum Gasteiger partial charge on any atom is -0.485 e. The van der Waals surface area contributed by atoms with Crippen LogP contribution in [-0.2, 0) is 0 Å². The van der Waals surface area contributed by atoms with Crippen molar-refractivity contribution in [3.63, 3.8) is 0 Å². The van der Waals surface area contributed by atoms with E-state index in [2.05, 4.69) is 193 Å². The third-order valence-electron chi connectivity index (χ3n) is 11.0. The highest BCUT2D eigenvalue weighted by molar-refractivity contribution is 5.90. The molecule has 6 aromatic carbocycles. The number of hydrogen-bond acceptors (Lipinski definition) is 4. The Balaban J connectivity index is 1.05. The second-order valence-corrected chi connectivity index (χ2v) is 14.5. The molecule has 0 fully saturated rings. The normalized spacial score (nSPS) is 18.0. The Labute approximate surface area is 328 Å². The van der Waals surface area contributed by atoms with Crippen LogP contribution in [0.1, 0.15) is 40.8 Å². The topological polar surface area (TPSA) is 38.2 Å². The molecule has 3 unspecified atom stereocenters. The maximum absolute atomic E-state index is 6.69. The summed E-state index contributed by atoms with van der Waals surface area (Å²) in [5.41, 5.74) is 12.9. The zero-order valence-electron chi connectivity index (χ0n) is 30.8. The second-order valence-electron chi connectivity index (χ2n) is 14.5. The van der Waals surface area contributed by atoms with E-state index in [9.17, 15) is 0 Å². The van der Waals surface area contributed by atoms with Crippen molar-refractivity contribution in [2.24, 2.45) is 0 Å². The molecule has 7 aromatic rings. The third kappa shape index (κ3) is 6.46. The van der Waals surface area contributed by atoms with E-state index in [-0.39, 0.29) is 12.0 Å². The third-order valence-corrected chi connectivity index (χ3v) is 11.0. The van der Waals surface area contributed by atoms with Crippen molar-refractivity contribution in [2.75, 3.05) is 4.90 Å². The molecule has 2 aliphatic carbocycles. The molecule has 56 heavy (non-hydrogen) atoms. The van der Waals surface area contributed by atoms with E-state index in [1.165, 1.54) is 5.56 Å². The fourth-order valence-corrected chi connectivity index (χ4v) is 8.19. The van der Waals surface area contributed by atoms with Gasteiger partial charge in [0.1, 0.15) is 11.9 Å². The standard InChI is InChI=1S/C52H39N3O/c1-5-15-36(16-6-1)37-25-29-43(30-26-37)55(42-21-11-4-12-22-42)44-31-27-38(28-32-44)41-33-46(51-45-23-13-14-24-49(45)56-50(51)34-41)52-53-47(39-17-7-2-8-18-39)35-48(54-52)40-19-9-3-10-20-40/h1-15,17-36,50-51H,16H2. The molecule has 4 heteroatoms. The molecule has 1 aromatic heterocycles. The van der Waals surface area contributed by atoms with Gasteiger partial charge in [0, 0.05) is 45.2 Å². The summed E-state index contributed by atoms with van der Waals surface area (Å²) in [5.74, 6) is 1.98. The van der Waals surface area contributed by atoms with Crippen molar-refractivity contribution in [1.82, 2.24) is 9.97 Å². The van der Waals surface area contributed by atoms with Gasteiger partial charge < -0.3 is 9.64 Å². The van der Waals surface area contributed by atoms with Crippen LogP contribution < -0.4 is 9.64 Å². The van der Waals surface area contributed by atoms with Crippen molar-refractivity contribution >= 4 is 28.2 Å². The molecular formula is C52H39N3O. The first kappa shape index (κ1) is 33.5. The SMILES string of the molecule is C1=CCC(c2ccc(N(c3ccccc3)c3ccc(C4=CC5Oc6ccccc6C5C(c5nc(-c6ccccc6)cc(-c6ccccc6)n5)=C4)cc3)cc2)C=C1. The number of nitrogens with zero attached hydrogens (tertiary/aromatic N) is 3. The summed E-state index contributed by atoms with van der Waals surface area (Å²) in [5, 5.41) is 0. The lowest BCUT2D eigenvalue weighted by atomic mass is 9.80. The van der Waals surface area contributed by atoms with Crippen LogP contribution >= 0.6 is 0 Å². The molecule has 0 bridgehead atoms. The van der Waals surface area contributed by atoms with Crippen LogP contribution in [0, 0.1) is 0 Å². The molecule has 0 saturated carbocycles. The van der Waals surface area contributed by atoms with Gasteiger partial charge in [-0.3, -0.25) is 0 Å². The maximum atomic E-state index is 6.69. The van der Waals surface area contributed by atoms with Gasteiger partial charge in [0.15, 0.2) is 5.82 Å². The van der Waals surface area contributed by atoms with Crippen LogP contribution in [-0.4, -0.2) is 16.1 Å². The van der Waals surface area contributed by atoms with Crippen LogP contribution in [0.25, 0.3) is 33.7 Å². The predicted molar refractivity (Wildman–Crippen MR) is 229 cm³/mol. The summed E-state index contributed by atoms with van der Waals surface area (Å²) in [6.07, 6.45) is 14.2. The first-order chi connectivity index (χ1) is 27.7. The van der Waals surface area contributed by atoms with Crippen molar-refractivity contribution in [3.05, 3.63) is 229 Å². The minimum atomic E-state index is -0.194. The highest BCUT2D eigenvalue weighted by Gasteiger charge is 2.40. The Morgan fingerprint density at radius 3 is 1.79 bits per heavy atom. The number of para-hydroxylation sites is 2. The van der Waals surface area contributed by atoms with Gasteiger partial charge in [-0.25, -0.2) is 9.97 Å². The molecule has 2 heterocycles. The van der Waals surface area contributed by atoms with Gasteiger partial charge >= 0.3 is 0 Å². The van der Waals surface area contributed by atoms with Gasteiger partial charge in [-0.2, -0.15) is 0 Å². The molecule has 0 N–H and O–H groups in total. The monoisotopic (exact) mass is 721 g/mol. The summed E-state index contributed by atoms with van der Waals surface area (Å²) in [7, 11) is 0. The Bertz CT molecular complexity index is 2570. The zero-order valence-corrected chi connectivity index (χ0v) is 30.8. The quantitative estimate of drug-likeness (QED) is 0.157. The lowest BCUT2D eigenvalue weighted by molar-refractivity contribution is 0.272. The van der Waals surface area contributed by atoms with Crippen LogP contribution in [0.3, 0.4) is 0 Å². The first-order valence-corrected chi connectivity index (χ1v) is 19.3. The average Bonchev–Trinajstić information content (AvgIpc) is 3.66. The van der Waals surface area contributed by atoms with Crippen LogP contribution in [0.15, 0.2) is 206 Å². The van der Waals surface area contributed by atoms with Gasteiger partial charge in [0.05, 0.1) is 17.3 Å². The van der Waals surface area contributed by atoms with Gasteiger partial charge in [-0.15, -0.1) is 0 Å². The predicted octanol–water partition coefficient (Wildman–Crippen LogP) is 12.9. The lowest BCUT2D eigenvalue weighted by Gasteiger charge is -2.27. The van der Waals surface area contributed by atoms with E-state index in [1.54, 1.807) is 0 Å². The van der Waals surface area contributed by atoms with E-state index in [1.807, 2.05) is 18.2 Å². The Morgan fingerprint density at radius 1 is 0.554 bits per heavy atom. The number of allylic oxidation sites excluding steroid dienone is 6. The highest BCUT2D eigenvalue weighted by atomic mass is 16.5. The summed E-state index contributed by atoms with van der Waals surface area (Å²) in [4.78, 5) is 12.9. The van der Waals surface area contributed by atoms with E-state index >= 15 is 0 Å². The molecule has 0 saturated heterocycles. The molecule has 3 aliphatic rings. The first-order valence-electron chi connectivity index (χ1n) is 19.3. The Kier molecular flexibility index (Phi) is 8.77.